The minimum atomic E-state index is -0.629. The average molecular weight is 556 g/mol. The zero-order valence-electron chi connectivity index (χ0n) is 21.0. The van der Waals surface area contributed by atoms with Crippen molar-refractivity contribution in [3.05, 3.63) is 112 Å². The lowest BCUT2D eigenvalue weighted by atomic mass is 10.0. The van der Waals surface area contributed by atoms with Gasteiger partial charge in [0, 0.05) is 5.56 Å². The predicted molar refractivity (Wildman–Crippen MR) is 150 cm³/mol. The Morgan fingerprint density at radius 2 is 1.77 bits per heavy atom. The predicted octanol–water partition coefficient (Wildman–Crippen LogP) is 4.47. The molecule has 11 nitrogen and oxygen atoms in total. The molecule has 1 aliphatic heterocycles. The molecule has 0 spiro atoms. The van der Waals surface area contributed by atoms with Crippen LogP contribution in [0.1, 0.15) is 11.1 Å². The topological polar surface area (TPSA) is 129 Å². The van der Waals surface area contributed by atoms with E-state index in [2.05, 4.69) is 10.4 Å². The molecule has 1 aromatic heterocycles. The van der Waals surface area contributed by atoms with Crippen LogP contribution in [0.2, 0.25) is 0 Å². The Balaban J connectivity index is 1.40. The number of methoxy groups -OCH3 is 1. The fourth-order valence-corrected chi connectivity index (χ4v) is 4.35. The molecule has 0 radical (unpaired) electrons. The van der Waals surface area contributed by atoms with Crippen molar-refractivity contribution in [3.63, 3.8) is 0 Å². The van der Waals surface area contributed by atoms with Crippen LogP contribution in [0, 0.1) is 10.1 Å². The van der Waals surface area contributed by atoms with E-state index in [1.807, 2.05) is 30.3 Å². The van der Waals surface area contributed by atoms with Gasteiger partial charge >= 0.3 is 5.69 Å². The van der Waals surface area contributed by atoms with Crippen LogP contribution in [-0.2, 0) is 16.1 Å². The first-order chi connectivity index (χ1) is 19.3. The maximum atomic E-state index is 13.5. The molecule has 4 aromatic rings. The van der Waals surface area contributed by atoms with E-state index in [4.69, 9.17) is 21.7 Å². The fourth-order valence-electron chi connectivity index (χ4n) is 4.07. The van der Waals surface area contributed by atoms with Gasteiger partial charge in [-0.25, -0.2) is 0 Å². The second kappa shape index (κ2) is 11.2. The second-order valence-electron chi connectivity index (χ2n) is 8.59. The van der Waals surface area contributed by atoms with Crippen molar-refractivity contribution in [2.45, 2.75) is 6.54 Å². The summed E-state index contributed by atoms with van der Waals surface area (Å²) < 4.78 is 12.6. The number of carbonyl (C=O) groups is 2. The van der Waals surface area contributed by atoms with Gasteiger partial charge in [-0.3, -0.25) is 34.6 Å². The molecule has 0 aliphatic carbocycles. The quantitative estimate of drug-likeness (QED) is 0.111. The van der Waals surface area contributed by atoms with Gasteiger partial charge in [0.1, 0.15) is 35.2 Å². The zero-order valence-corrected chi connectivity index (χ0v) is 21.8. The molecule has 0 atom stereocenters. The first-order valence-corrected chi connectivity index (χ1v) is 12.3. The van der Waals surface area contributed by atoms with Gasteiger partial charge < -0.3 is 9.47 Å². The van der Waals surface area contributed by atoms with E-state index in [0.29, 0.717) is 34.1 Å². The lowest BCUT2D eigenvalue weighted by Gasteiger charge is -2.29. The molecule has 5 rings (SSSR count). The summed E-state index contributed by atoms with van der Waals surface area (Å²) in [6.07, 6.45) is 3.91. The Morgan fingerprint density at radius 3 is 2.45 bits per heavy atom. The molecule has 1 N–H and O–H groups in total. The summed E-state index contributed by atoms with van der Waals surface area (Å²) in [7, 11) is 1.50. The van der Waals surface area contributed by atoms with Crippen molar-refractivity contribution in [2.24, 2.45) is 0 Å². The van der Waals surface area contributed by atoms with Crippen LogP contribution in [0.15, 0.2) is 90.8 Å². The second-order valence-corrected chi connectivity index (χ2v) is 8.98. The number of hydrogen-bond donors (Lipinski definition) is 1. The highest BCUT2D eigenvalue weighted by atomic mass is 32.1. The van der Waals surface area contributed by atoms with Gasteiger partial charge in [0.05, 0.1) is 24.3 Å². The van der Waals surface area contributed by atoms with E-state index in [-0.39, 0.29) is 22.9 Å². The fraction of sp³-hybridized carbons (Fsp3) is 0.0714. The number of thiocarbonyl (C=S) groups is 1. The van der Waals surface area contributed by atoms with Crippen molar-refractivity contribution in [1.29, 1.82) is 0 Å². The highest BCUT2D eigenvalue weighted by Crippen LogP contribution is 2.28. The summed E-state index contributed by atoms with van der Waals surface area (Å²) in [6, 6.07) is 21.1. The van der Waals surface area contributed by atoms with E-state index in [1.165, 1.54) is 29.0 Å². The smallest absolute Gasteiger partial charge is 0.307 e. The lowest BCUT2D eigenvalue weighted by molar-refractivity contribution is -0.385. The number of hydrogen-bond acceptors (Lipinski definition) is 8. The number of amides is 2. The normalized spacial score (nSPS) is 14.3. The van der Waals surface area contributed by atoms with Crippen molar-refractivity contribution in [3.8, 4) is 17.2 Å². The Hall–Kier alpha value is -5.36. The summed E-state index contributed by atoms with van der Waals surface area (Å²) in [6.45, 7) is 0.168. The maximum Gasteiger partial charge on any atom is 0.307 e. The van der Waals surface area contributed by atoms with Gasteiger partial charge in [0.15, 0.2) is 5.11 Å². The third-order valence-electron chi connectivity index (χ3n) is 5.95. The van der Waals surface area contributed by atoms with Crippen molar-refractivity contribution < 1.29 is 24.0 Å². The number of para-hydroxylation sites is 1. The van der Waals surface area contributed by atoms with Crippen LogP contribution >= 0.6 is 12.2 Å². The Morgan fingerprint density at radius 1 is 1.05 bits per heavy atom. The standard InChI is InChI=1S/C28H21N5O6S/c1-38-25-12-7-18(13-19(25)16-31-17-21(15-29-31)33(36)37)14-24-26(34)30-28(40)32(27(24)35)20-8-10-23(11-9-20)39-22-5-3-2-4-6-22/h2-15,17H,16H2,1H3,(H,30,34,40)/b24-14+. The van der Waals surface area contributed by atoms with Gasteiger partial charge in [-0.15, -0.1) is 0 Å². The molecule has 0 bridgehead atoms. The van der Waals surface area contributed by atoms with E-state index in [1.54, 1.807) is 42.5 Å². The van der Waals surface area contributed by atoms with Gasteiger partial charge in [-0.1, -0.05) is 24.3 Å². The van der Waals surface area contributed by atoms with Crippen LogP contribution < -0.4 is 19.7 Å². The molecule has 3 aromatic carbocycles. The number of nitrogens with zero attached hydrogens (tertiary/aromatic N) is 4. The minimum Gasteiger partial charge on any atom is -0.496 e. The Labute approximate surface area is 233 Å². The third kappa shape index (κ3) is 5.56. The SMILES string of the molecule is COc1ccc(/C=C2\C(=O)NC(=S)N(c3ccc(Oc4ccccc4)cc3)C2=O)cc1Cn1cc([N+](=O)[O-])cn1. The number of nitrogens with one attached hydrogen (secondary N) is 1. The summed E-state index contributed by atoms with van der Waals surface area (Å²) in [5, 5.41) is 17.5. The van der Waals surface area contributed by atoms with Crippen LogP contribution in [-0.4, -0.2) is 38.7 Å². The number of aromatic nitrogens is 2. The Bertz CT molecular complexity index is 1650. The molecule has 1 fully saturated rings. The number of carbonyl (C=O) groups excluding carboxylic acids is 2. The van der Waals surface area contributed by atoms with E-state index in [9.17, 15) is 19.7 Å². The van der Waals surface area contributed by atoms with Crippen molar-refractivity contribution in [2.75, 3.05) is 12.0 Å². The van der Waals surface area contributed by atoms with E-state index in [0.717, 1.165) is 6.20 Å². The number of ether oxygens (including phenoxy) is 2. The van der Waals surface area contributed by atoms with Crippen LogP contribution in [0.5, 0.6) is 17.2 Å². The summed E-state index contributed by atoms with van der Waals surface area (Å²) in [4.78, 5) is 38.0. The molecular formula is C28H21N5O6S. The van der Waals surface area contributed by atoms with Crippen LogP contribution in [0.3, 0.4) is 0 Å². The largest absolute Gasteiger partial charge is 0.496 e. The van der Waals surface area contributed by atoms with E-state index >= 15 is 0 Å². The highest BCUT2D eigenvalue weighted by molar-refractivity contribution is 7.80. The molecule has 2 amide bonds. The van der Waals surface area contributed by atoms with Crippen LogP contribution in [0.25, 0.3) is 6.08 Å². The van der Waals surface area contributed by atoms with Gasteiger partial charge in [0.2, 0.25) is 0 Å². The average Bonchev–Trinajstić information content (AvgIpc) is 3.42. The maximum absolute atomic E-state index is 13.5. The number of anilines is 1. The first-order valence-electron chi connectivity index (χ1n) is 11.9. The molecule has 200 valence electrons. The van der Waals surface area contributed by atoms with Crippen molar-refractivity contribution in [1.82, 2.24) is 15.1 Å². The Kier molecular flexibility index (Phi) is 7.33. The number of nitro groups is 1. The lowest BCUT2D eigenvalue weighted by Crippen LogP contribution is -2.54. The van der Waals surface area contributed by atoms with Gasteiger partial charge in [-0.05, 0) is 72.4 Å². The van der Waals surface area contributed by atoms with Gasteiger partial charge in [0.25, 0.3) is 11.8 Å². The molecule has 2 heterocycles. The molecule has 1 saturated heterocycles. The number of benzene rings is 3. The van der Waals surface area contributed by atoms with E-state index < -0.39 is 16.7 Å². The molecule has 1 aliphatic rings. The molecule has 12 heteroatoms. The summed E-state index contributed by atoms with van der Waals surface area (Å²) >= 11 is 5.31. The molecule has 40 heavy (non-hydrogen) atoms. The van der Waals surface area contributed by atoms with Crippen LogP contribution in [0.4, 0.5) is 11.4 Å². The van der Waals surface area contributed by atoms with Crippen molar-refractivity contribution >= 4 is 46.6 Å². The molecule has 0 unspecified atom stereocenters. The molecular weight excluding hydrogens is 534 g/mol. The minimum absolute atomic E-state index is 0.0421. The number of rotatable bonds is 8. The first kappa shape index (κ1) is 26.3. The summed E-state index contributed by atoms with van der Waals surface area (Å²) in [5.41, 5.74) is 1.37. The van der Waals surface area contributed by atoms with Gasteiger partial charge in [-0.2, -0.15) is 5.10 Å². The highest BCUT2D eigenvalue weighted by Gasteiger charge is 2.34. The third-order valence-corrected chi connectivity index (χ3v) is 6.24. The zero-order chi connectivity index (χ0) is 28.2. The summed E-state index contributed by atoms with van der Waals surface area (Å²) in [5.74, 6) is 0.529. The molecule has 0 saturated carbocycles. The monoisotopic (exact) mass is 555 g/mol.